The van der Waals surface area contributed by atoms with Gasteiger partial charge in [-0.3, -0.25) is 0 Å². The molecule has 0 aliphatic heterocycles. The quantitative estimate of drug-likeness (QED) is 0.582. The van der Waals surface area contributed by atoms with Gasteiger partial charge in [0.25, 0.3) is 5.89 Å². The Morgan fingerprint density at radius 1 is 1.00 bits per heavy atom. The Bertz CT molecular complexity index is 938. The Hall–Kier alpha value is -3.15. The fraction of sp³-hybridized carbons (Fsp3) is 0.318. The predicted molar refractivity (Wildman–Crippen MR) is 105 cm³/mol. The molecular weight excluding hydrogens is 356 g/mol. The van der Waals surface area contributed by atoms with Crippen LogP contribution in [0.2, 0.25) is 0 Å². The van der Waals surface area contributed by atoms with Crippen molar-refractivity contribution in [3.05, 3.63) is 65.5 Å². The number of benzene rings is 2. The van der Waals surface area contributed by atoms with E-state index >= 15 is 0 Å². The molecular formula is C22H24N2O4. The van der Waals surface area contributed by atoms with Crippen molar-refractivity contribution in [1.82, 2.24) is 10.2 Å². The predicted octanol–water partition coefficient (Wildman–Crippen LogP) is 4.96. The maximum Gasteiger partial charge on any atom is 0.338 e. The minimum Gasteiger partial charge on any atom is -0.497 e. The number of hydrogen-bond donors (Lipinski definition) is 0. The van der Waals surface area contributed by atoms with E-state index in [2.05, 4.69) is 31.0 Å². The number of esters is 1. The van der Waals surface area contributed by atoms with Crippen molar-refractivity contribution in [1.29, 1.82) is 0 Å². The number of carbonyl (C=O) groups is 1. The van der Waals surface area contributed by atoms with Crippen LogP contribution in [0.1, 0.15) is 55.6 Å². The second-order valence-corrected chi connectivity index (χ2v) is 7.55. The van der Waals surface area contributed by atoms with Crippen molar-refractivity contribution in [3.63, 3.8) is 0 Å². The first-order chi connectivity index (χ1) is 13.3. The van der Waals surface area contributed by atoms with E-state index in [4.69, 9.17) is 13.9 Å². The topological polar surface area (TPSA) is 74.5 Å². The van der Waals surface area contributed by atoms with Crippen LogP contribution in [0, 0.1) is 0 Å². The van der Waals surface area contributed by atoms with E-state index in [-0.39, 0.29) is 11.3 Å². The SMILES string of the molecule is COc1ccc(-c2nnc([C@@H](C)OC(=O)c3ccc(C(C)(C)C)cc3)o2)cc1. The normalized spacial score (nSPS) is 12.5. The van der Waals surface area contributed by atoms with Crippen LogP contribution in [0.15, 0.2) is 52.9 Å². The number of rotatable bonds is 5. The summed E-state index contributed by atoms with van der Waals surface area (Å²) < 4.78 is 16.3. The van der Waals surface area contributed by atoms with E-state index < -0.39 is 12.1 Å². The van der Waals surface area contributed by atoms with Gasteiger partial charge >= 0.3 is 5.97 Å². The van der Waals surface area contributed by atoms with Crippen LogP contribution in [0.4, 0.5) is 0 Å². The van der Waals surface area contributed by atoms with E-state index in [0.29, 0.717) is 11.5 Å². The number of hydrogen-bond acceptors (Lipinski definition) is 6. The van der Waals surface area contributed by atoms with E-state index in [9.17, 15) is 4.79 Å². The van der Waals surface area contributed by atoms with Crippen LogP contribution < -0.4 is 4.74 Å². The van der Waals surface area contributed by atoms with Gasteiger partial charge in [0.05, 0.1) is 12.7 Å². The van der Waals surface area contributed by atoms with E-state index in [1.807, 2.05) is 36.4 Å². The Labute approximate surface area is 164 Å². The lowest BCUT2D eigenvalue weighted by Crippen LogP contribution is -2.13. The summed E-state index contributed by atoms with van der Waals surface area (Å²) in [6.45, 7) is 8.07. The third-order valence-electron chi connectivity index (χ3n) is 4.40. The highest BCUT2D eigenvalue weighted by atomic mass is 16.6. The van der Waals surface area contributed by atoms with E-state index in [1.54, 1.807) is 26.2 Å². The third-order valence-corrected chi connectivity index (χ3v) is 4.40. The van der Waals surface area contributed by atoms with Gasteiger partial charge in [0.15, 0.2) is 6.10 Å². The van der Waals surface area contributed by atoms with Crippen molar-refractivity contribution in [2.45, 2.75) is 39.2 Å². The summed E-state index contributed by atoms with van der Waals surface area (Å²) in [5.41, 5.74) is 2.42. The molecule has 28 heavy (non-hydrogen) atoms. The summed E-state index contributed by atoms with van der Waals surface area (Å²) in [6, 6.07) is 14.7. The molecule has 146 valence electrons. The van der Waals surface area contributed by atoms with Gasteiger partial charge in [-0.25, -0.2) is 4.79 Å². The maximum atomic E-state index is 12.4. The highest BCUT2D eigenvalue weighted by Gasteiger charge is 2.21. The maximum absolute atomic E-state index is 12.4. The lowest BCUT2D eigenvalue weighted by atomic mass is 9.87. The van der Waals surface area contributed by atoms with Crippen LogP contribution in [-0.4, -0.2) is 23.3 Å². The van der Waals surface area contributed by atoms with Gasteiger partial charge in [-0.05, 0) is 54.3 Å². The molecule has 0 bridgehead atoms. The van der Waals surface area contributed by atoms with Gasteiger partial charge in [-0.2, -0.15) is 0 Å². The second-order valence-electron chi connectivity index (χ2n) is 7.55. The molecule has 1 heterocycles. The van der Waals surface area contributed by atoms with Crippen LogP contribution in [0.3, 0.4) is 0 Å². The van der Waals surface area contributed by atoms with Crippen LogP contribution in [0.25, 0.3) is 11.5 Å². The highest BCUT2D eigenvalue weighted by Crippen LogP contribution is 2.26. The first-order valence-electron chi connectivity index (χ1n) is 9.07. The fourth-order valence-corrected chi connectivity index (χ4v) is 2.63. The Morgan fingerprint density at radius 2 is 1.64 bits per heavy atom. The van der Waals surface area contributed by atoms with Gasteiger partial charge in [0.1, 0.15) is 5.75 Å². The minimum absolute atomic E-state index is 0.0251. The standard InChI is InChI=1S/C22H24N2O4/c1-14(27-21(25)16-6-10-17(11-7-16)22(2,3)4)19-23-24-20(28-19)15-8-12-18(26-5)13-9-15/h6-14H,1-5H3/t14-/m1/s1. The van der Waals surface area contributed by atoms with Crippen LogP contribution >= 0.6 is 0 Å². The van der Waals surface area contributed by atoms with Gasteiger partial charge < -0.3 is 13.9 Å². The van der Waals surface area contributed by atoms with Crippen molar-refractivity contribution in [2.24, 2.45) is 0 Å². The summed E-state index contributed by atoms with van der Waals surface area (Å²) in [5.74, 6) is 0.904. The Kier molecular flexibility index (Phi) is 5.49. The van der Waals surface area contributed by atoms with Gasteiger partial charge in [0, 0.05) is 5.56 Å². The number of carbonyl (C=O) groups excluding carboxylic acids is 1. The van der Waals surface area contributed by atoms with Crippen molar-refractivity contribution in [2.75, 3.05) is 7.11 Å². The molecule has 2 aromatic carbocycles. The first kappa shape index (κ1) is 19.6. The lowest BCUT2D eigenvalue weighted by Gasteiger charge is -2.19. The summed E-state index contributed by atoms with van der Waals surface area (Å²) in [7, 11) is 1.60. The molecule has 0 aliphatic rings. The third kappa shape index (κ3) is 4.39. The molecule has 0 aliphatic carbocycles. The molecule has 6 nitrogen and oxygen atoms in total. The number of methoxy groups -OCH3 is 1. The van der Waals surface area contributed by atoms with Gasteiger partial charge in [-0.15, -0.1) is 10.2 Å². The van der Waals surface area contributed by atoms with Crippen LogP contribution in [0.5, 0.6) is 5.75 Å². The Morgan fingerprint density at radius 3 is 2.21 bits per heavy atom. The molecule has 0 N–H and O–H groups in total. The molecule has 0 saturated heterocycles. The summed E-state index contributed by atoms with van der Waals surface area (Å²) in [4.78, 5) is 12.4. The Balaban J connectivity index is 1.68. The molecule has 0 radical (unpaired) electrons. The summed E-state index contributed by atoms with van der Waals surface area (Å²) in [6.07, 6.45) is -0.658. The number of nitrogens with zero attached hydrogens (tertiary/aromatic N) is 2. The van der Waals surface area contributed by atoms with Gasteiger partial charge in [0.2, 0.25) is 5.89 Å². The number of ether oxygens (including phenoxy) is 2. The smallest absolute Gasteiger partial charge is 0.338 e. The average Bonchev–Trinajstić information content (AvgIpc) is 3.18. The van der Waals surface area contributed by atoms with E-state index in [1.165, 1.54) is 0 Å². The summed E-state index contributed by atoms with van der Waals surface area (Å²) >= 11 is 0. The molecule has 0 fully saturated rings. The molecule has 0 unspecified atom stereocenters. The van der Waals surface area contributed by atoms with Crippen molar-refractivity contribution >= 4 is 5.97 Å². The largest absolute Gasteiger partial charge is 0.497 e. The minimum atomic E-state index is -0.658. The lowest BCUT2D eigenvalue weighted by molar-refractivity contribution is 0.0280. The zero-order valence-corrected chi connectivity index (χ0v) is 16.7. The number of aromatic nitrogens is 2. The first-order valence-corrected chi connectivity index (χ1v) is 9.07. The molecule has 0 spiro atoms. The molecule has 1 atom stereocenters. The van der Waals surface area contributed by atoms with Crippen molar-refractivity contribution < 1.29 is 18.7 Å². The monoisotopic (exact) mass is 380 g/mol. The summed E-state index contributed by atoms with van der Waals surface area (Å²) in [5, 5.41) is 8.04. The molecule has 3 aromatic rings. The average molecular weight is 380 g/mol. The zero-order chi connectivity index (χ0) is 20.3. The highest BCUT2D eigenvalue weighted by molar-refractivity contribution is 5.89. The van der Waals surface area contributed by atoms with Crippen molar-refractivity contribution in [3.8, 4) is 17.2 Å². The van der Waals surface area contributed by atoms with Crippen LogP contribution in [-0.2, 0) is 10.2 Å². The second kappa shape index (κ2) is 7.84. The molecule has 3 rings (SSSR count). The molecule has 0 amide bonds. The van der Waals surface area contributed by atoms with E-state index in [0.717, 1.165) is 16.9 Å². The molecule has 6 heteroatoms. The zero-order valence-electron chi connectivity index (χ0n) is 16.7. The fourth-order valence-electron chi connectivity index (χ4n) is 2.63. The molecule has 1 aromatic heterocycles. The van der Waals surface area contributed by atoms with Gasteiger partial charge in [-0.1, -0.05) is 32.9 Å². The molecule has 0 saturated carbocycles.